The first-order chi connectivity index (χ1) is 13.2. The van der Waals surface area contributed by atoms with E-state index in [-0.39, 0.29) is 12.2 Å². The van der Waals surface area contributed by atoms with Gasteiger partial charge in [0.05, 0.1) is 16.7 Å². The summed E-state index contributed by atoms with van der Waals surface area (Å²) >= 11 is 0. The number of carbonyl (C=O) groups excluding carboxylic acids is 2. The van der Waals surface area contributed by atoms with Crippen LogP contribution in [0.2, 0.25) is 0 Å². The minimum atomic E-state index is -0.665. The number of primary amides is 1. The second-order valence-corrected chi connectivity index (χ2v) is 9.32. The first-order valence-corrected chi connectivity index (χ1v) is 9.58. The first-order valence-electron chi connectivity index (χ1n) is 9.58. The third-order valence-corrected chi connectivity index (χ3v) is 5.23. The Morgan fingerprint density at radius 3 is 2.28 bits per heavy atom. The highest BCUT2D eigenvalue weighted by Crippen LogP contribution is 2.36. The number of nitrogens with zero attached hydrogens (tertiary/aromatic N) is 2. The van der Waals surface area contributed by atoms with Gasteiger partial charge in [0.1, 0.15) is 12.1 Å². The lowest BCUT2D eigenvalue weighted by atomic mass is 9.78. The molecule has 3 rings (SSSR count). The van der Waals surface area contributed by atoms with Gasteiger partial charge in [-0.1, -0.05) is 12.1 Å². The van der Waals surface area contributed by atoms with Crippen molar-refractivity contribution < 1.29 is 23.6 Å². The highest BCUT2D eigenvalue weighted by molar-refractivity contribution is 6.62. The Morgan fingerprint density at radius 2 is 1.76 bits per heavy atom. The van der Waals surface area contributed by atoms with Gasteiger partial charge in [-0.15, -0.1) is 0 Å². The van der Waals surface area contributed by atoms with Gasteiger partial charge in [-0.3, -0.25) is 14.3 Å². The molecule has 1 saturated heterocycles. The second kappa shape index (κ2) is 6.85. The van der Waals surface area contributed by atoms with Crippen LogP contribution in [0.25, 0.3) is 10.9 Å². The Bertz CT molecular complexity index is 958. The zero-order valence-corrected chi connectivity index (χ0v) is 18.0. The van der Waals surface area contributed by atoms with E-state index in [1.54, 1.807) is 32.9 Å². The molecule has 29 heavy (non-hydrogen) atoms. The average Bonchev–Trinajstić information content (AvgIpc) is 3.00. The van der Waals surface area contributed by atoms with Crippen LogP contribution >= 0.6 is 0 Å². The number of fused-ring (bicyclic) bond motifs is 1. The summed E-state index contributed by atoms with van der Waals surface area (Å²) in [6.07, 6.45) is 0. The molecule has 1 aromatic carbocycles. The molecule has 1 aliphatic rings. The van der Waals surface area contributed by atoms with Crippen LogP contribution in [0.1, 0.15) is 59.0 Å². The van der Waals surface area contributed by atoms with E-state index in [1.807, 2.05) is 33.8 Å². The molecule has 1 amide bonds. The van der Waals surface area contributed by atoms with Crippen LogP contribution in [0, 0.1) is 0 Å². The fraction of sp³-hybridized carbons (Fsp3) is 0.550. The molecule has 0 unspecified atom stereocenters. The molecule has 2 aromatic rings. The van der Waals surface area contributed by atoms with Gasteiger partial charge in [0.15, 0.2) is 5.69 Å². The Labute approximate surface area is 170 Å². The lowest BCUT2D eigenvalue weighted by Gasteiger charge is -2.32. The van der Waals surface area contributed by atoms with Crippen molar-refractivity contribution in [3.63, 3.8) is 0 Å². The Kier molecular flexibility index (Phi) is 5.03. The highest BCUT2D eigenvalue weighted by Gasteiger charge is 2.51. The van der Waals surface area contributed by atoms with E-state index in [4.69, 9.17) is 19.8 Å². The number of hydrogen-bond donors (Lipinski definition) is 1. The zero-order chi connectivity index (χ0) is 21.8. The van der Waals surface area contributed by atoms with E-state index in [9.17, 15) is 9.59 Å². The molecular formula is C20H28BN3O5. The molecule has 2 N–H and O–H groups in total. The second-order valence-electron chi connectivity index (χ2n) is 9.32. The van der Waals surface area contributed by atoms with Gasteiger partial charge in [-0.05, 0) is 60.0 Å². The Balaban J connectivity index is 2.00. The SMILES string of the molecule is CC(C)(C)OC(=O)Cn1nc(C(N)=O)c2ccc(B3OC(C)(C)C(C)(C)O3)cc21. The van der Waals surface area contributed by atoms with Gasteiger partial charge < -0.3 is 19.8 Å². The van der Waals surface area contributed by atoms with Crippen LogP contribution in [0.4, 0.5) is 0 Å². The minimum absolute atomic E-state index is 0.101. The number of esters is 1. The lowest BCUT2D eigenvalue weighted by molar-refractivity contribution is -0.155. The number of carbonyl (C=O) groups is 2. The monoisotopic (exact) mass is 401 g/mol. The summed E-state index contributed by atoms with van der Waals surface area (Å²) in [6, 6.07) is 5.37. The van der Waals surface area contributed by atoms with Gasteiger partial charge in [0.25, 0.3) is 5.91 Å². The molecule has 1 aromatic heterocycles. The number of ether oxygens (including phenoxy) is 1. The summed E-state index contributed by atoms with van der Waals surface area (Å²) in [5.41, 5.74) is 5.33. The van der Waals surface area contributed by atoms with E-state index in [2.05, 4.69) is 5.10 Å². The average molecular weight is 401 g/mol. The maximum atomic E-state index is 12.3. The molecule has 0 aliphatic carbocycles. The van der Waals surface area contributed by atoms with Crippen LogP contribution in [-0.4, -0.2) is 45.6 Å². The van der Waals surface area contributed by atoms with E-state index in [1.165, 1.54) is 4.68 Å². The topological polar surface area (TPSA) is 106 Å². The van der Waals surface area contributed by atoms with Gasteiger partial charge in [0.2, 0.25) is 0 Å². The number of rotatable bonds is 4. The molecule has 0 bridgehead atoms. The van der Waals surface area contributed by atoms with E-state index < -0.39 is 35.8 Å². The van der Waals surface area contributed by atoms with Crippen molar-refractivity contribution in [2.75, 3.05) is 0 Å². The van der Waals surface area contributed by atoms with Crippen molar-refractivity contribution in [3.05, 3.63) is 23.9 Å². The van der Waals surface area contributed by atoms with Gasteiger partial charge in [0, 0.05) is 5.39 Å². The van der Waals surface area contributed by atoms with Crippen molar-refractivity contribution in [1.82, 2.24) is 9.78 Å². The summed E-state index contributed by atoms with van der Waals surface area (Å²) in [5.74, 6) is -1.12. The minimum Gasteiger partial charge on any atom is -0.459 e. The van der Waals surface area contributed by atoms with Crippen LogP contribution in [0.15, 0.2) is 18.2 Å². The standard InChI is InChI=1S/C20H28BN3O5/c1-18(2,3)27-15(25)11-24-14-10-12(8-9-13(14)16(23-24)17(22)26)21-28-19(4,5)20(6,7)29-21/h8-10H,11H2,1-7H3,(H2,22,26). The molecule has 0 spiro atoms. The zero-order valence-electron chi connectivity index (χ0n) is 18.0. The summed E-state index contributed by atoms with van der Waals surface area (Å²) < 4.78 is 19.0. The highest BCUT2D eigenvalue weighted by atomic mass is 16.7. The van der Waals surface area contributed by atoms with Gasteiger partial charge in [-0.25, -0.2) is 0 Å². The summed E-state index contributed by atoms with van der Waals surface area (Å²) in [7, 11) is -0.577. The smallest absolute Gasteiger partial charge is 0.459 e. The number of hydrogen-bond acceptors (Lipinski definition) is 6. The summed E-state index contributed by atoms with van der Waals surface area (Å²) in [4.78, 5) is 24.1. The molecule has 8 nitrogen and oxygen atoms in total. The van der Waals surface area contributed by atoms with Crippen molar-refractivity contribution >= 4 is 35.4 Å². The largest absolute Gasteiger partial charge is 0.494 e. The van der Waals surface area contributed by atoms with Crippen LogP contribution in [0.3, 0.4) is 0 Å². The van der Waals surface area contributed by atoms with Gasteiger partial charge >= 0.3 is 13.1 Å². The van der Waals surface area contributed by atoms with Crippen molar-refractivity contribution in [3.8, 4) is 0 Å². The molecule has 0 radical (unpaired) electrons. The first kappa shape index (κ1) is 21.3. The van der Waals surface area contributed by atoms with Crippen molar-refractivity contribution in [2.45, 2.75) is 71.8 Å². The predicted molar refractivity (Wildman–Crippen MR) is 110 cm³/mol. The summed E-state index contributed by atoms with van der Waals surface area (Å²) in [5, 5.41) is 4.80. The quantitative estimate of drug-likeness (QED) is 0.619. The molecule has 2 heterocycles. The van der Waals surface area contributed by atoms with Crippen LogP contribution in [0.5, 0.6) is 0 Å². The maximum absolute atomic E-state index is 12.3. The number of amides is 1. The molecule has 1 fully saturated rings. The fourth-order valence-corrected chi connectivity index (χ4v) is 3.12. The number of benzene rings is 1. The lowest BCUT2D eigenvalue weighted by Crippen LogP contribution is -2.41. The molecule has 0 saturated carbocycles. The Hall–Kier alpha value is -2.39. The Morgan fingerprint density at radius 1 is 1.17 bits per heavy atom. The predicted octanol–water partition coefficient (Wildman–Crippen LogP) is 1.78. The third kappa shape index (κ3) is 4.16. The van der Waals surface area contributed by atoms with E-state index in [0.29, 0.717) is 10.9 Å². The van der Waals surface area contributed by atoms with E-state index >= 15 is 0 Å². The van der Waals surface area contributed by atoms with E-state index in [0.717, 1.165) is 5.46 Å². The number of nitrogens with two attached hydrogens (primary N) is 1. The molecule has 0 atom stereocenters. The van der Waals surface area contributed by atoms with Gasteiger partial charge in [-0.2, -0.15) is 5.10 Å². The van der Waals surface area contributed by atoms with Crippen molar-refractivity contribution in [1.29, 1.82) is 0 Å². The summed E-state index contributed by atoms with van der Waals surface area (Å²) in [6.45, 7) is 13.1. The molecular weight excluding hydrogens is 373 g/mol. The fourth-order valence-electron chi connectivity index (χ4n) is 3.12. The normalized spacial score (nSPS) is 18.2. The van der Waals surface area contributed by atoms with Crippen molar-refractivity contribution in [2.24, 2.45) is 5.73 Å². The number of aromatic nitrogens is 2. The maximum Gasteiger partial charge on any atom is 0.494 e. The third-order valence-electron chi connectivity index (χ3n) is 5.23. The van der Waals surface area contributed by atoms with Crippen LogP contribution < -0.4 is 11.2 Å². The van der Waals surface area contributed by atoms with Crippen LogP contribution in [-0.2, 0) is 25.4 Å². The molecule has 9 heteroatoms. The molecule has 1 aliphatic heterocycles. The molecule has 156 valence electrons.